The van der Waals surface area contributed by atoms with Gasteiger partial charge in [-0.25, -0.2) is 0 Å². The van der Waals surface area contributed by atoms with Gasteiger partial charge < -0.3 is 12.8 Å². The minimum absolute atomic E-state index is 0. The zero-order valence-electron chi connectivity index (χ0n) is 53.7. The molecule has 0 nitrogen and oxygen atoms in total. The van der Waals surface area contributed by atoms with Crippen molar-refractivity contribution in [3.63, 3.8) is 0 Å². The van der Waals surface area contributed by atoms with Crippen LogP contribution in [0.5, 0.6) is 0 Å². The first-order valence-corrected chi connectivity index (χ1v) is 36.2. The van der Waals surface area contributed by atoms with Crippen molar-refractivity contribution in [3.8, 4) is 24.2 Å². The molecule has 0 fully saturated rings. The molecule has 11 aromatic carbocycles. The summed E-state index contributed by atoms with van der Waals surface area (Å²) in [5, 5.41) is 11.8. The second-order valence-corrected chi connectivity index (χ2v) is 31.1. The normalized spacial score (nSPS) is 10.3. The molecule has 454 valence electrons. The first kappa shape index (κ1) is 73.9. The Labute approximate surface area is 567 Å². The number of rotatable bonds is 14. The van der Waals surface area contributed by atoms with Crippen LogP contribution in [0, 0.1) is 106 Å². The van der Waals surface area contributed by atoms with Crippen LogP contribution in [0.4, 0.5) is 0 Å². The van der Waals surface area contributed by atoms with Crippen molar-refractivity contribution in [2.45, 2.75) is 69.2 Å². The molecule has 0 atom stereocenters. The van der Waals surface area contributed by atoms with Crippen molar-refractivity contribution < 1.29 is 34.1 Å². The minimum Gasteiger partial charge on any atom is -0.366 e. The maximum Gasteiger partial charge on any atom is 2.00 e. The van der Waals surface area contributed by atoms with Crippen LogP contribution in [-0.2, 0) is 34.1 Å². The van der Waals surface area contributed by atoms with Crippen LogP contribution in [0.2, 0.25) is 0 Å². The predicted octanol–water partition coefficient (Wildman–Crippen LogP) is 17.9. The SMILES string of the molecule is Cc1c(C)c(C)[c-](C)c1C.Cc1c(C)c(C)[c-](C)c1C.[C-]#Cc1cc(C#[C-])cc(C#C)c1.[Fe+2].[Fe+2].c1ccc(P(CCP(c2ccccc2)c2ccccc2)c2ccccc2)cc1.c1ccc(P(CCP(c2ccccc2)c2ccccc2)c2ccccc2)cc1. The molecule has 11 rings (SSSR count). The molecule has 0 amide bonds. The molecule has 90 heavy (non-hydrogen) atoms. The average molecular weight is 1330 g/mol. The van der Waals surface area contributed by atoms with Gasteiger partial charge in [0.2, 0.25) is 0 Å². The monoisotopic (exact) mass is 1330 g/mol. The van der Waals surface area contributed by atoms with E-state index in [1.807, 2.05) is 0 Å². The van der Waals surface area contributed by atoms with Gasteiger partial charge in [0, 0.05) is 0 Å². The third kappa shape index (κ3) is 21.1. The summed E-state index contributed by atoms with van der Waals surface area (Å²) >= 11 is 0. The zero-order valence-corrected chi connectivity index (χ0v) is 59.5. The Hall–Kier alpha value is -6.88. The van der Waals surface area contributed by atoms with E-state index in [4.69, 9.17) is 19.3 Å². The van der Waals surface area contributed by atoms with E-state index in [1.54, 1.807) is 18.2 Å². The van der Waals surface area contributed by atoms with E-state index in [0.29, 0.717) is 16.7 Å². The van der Waals surface area contributed by atoms with E-state index in [-0.39, 0.29) is 65.8 Å². The molecule has 0 radical (unpaired) electrons. The first-order chi connectivity index (χ1) is 42.7. The van der Waals surface area contributed by atoms with Crippen molar-refractivity contribution in [1.29, 1.82) is 0 Å². The van der Waals surface area contributed by atoms with Gasteiger partial charge >= 0.3 is 34.1 Å². The fraction of sp³-hybridized carbons (Fsp3) is 0.167. The van der Waals surface area contributed by atoms with Gasteiger partial charge in [0.25, 0.3) is 0 Å². The maximum atomic E-state index is 6.88. The summed E-state index contributed by atoms with van der Waals surface area (Å²) in [4.78, 5) is 0. The number of benzene rings is 9. The van der Waals surface area contributed by atoms with Crippen LogP contribution in [0.15, 0.2) is 261 Å². The molecule has 11 aromatic rings. The zero-order chi connectivity index (χ0) is 62.8. The molecule has 0 saturated heterocycles. The first-order valence-electron chi connectivity index (χ1n) is 30.1. The van der Waals surface area contributed by atoms with E-state index in [2.05, 4.69) is 330 Å². The molecule has 0 bridgehead atoms. The molecular weight excluding hydrogens is 1240 g/mol. The summed E-state index contributed by atoms with van der Waals surface area (Å²) < 4.78 is 0. The molecule has 0 aliphatic heterocycles. The van der Waals surface area contributed by atoms with E-state index in [0.717, 1.165) is 0 Å². The van der Waals surface area contributed by atoms with Gasteiger partial charge in [-0.2, -0.15) is 61.7 Å². The van der Waals surface area contributed by atoms with Crippen molar-refractivity contribution in [1.82, 2.24) is 0 Å². The summed E-state index contributed by atoms with van der Waals surface area (Å²) in [6.07, 6.45) is 23.8. The maximum absolute atomic E-state index is 6.88. The van der Waals surface area contributed by atoms with Crippen LogP contribution in [0.3, 0.4) is 0 Å². The molecule has 0 heterocycles. The fourth-order valence-corrected chi connectivity index (χ4v) is 21.3. The van der Waals surface area contributed by atoms with Crippen LogP contribution in [0.25, 0.3) is 0 Å². The van der Waals surface area contributed by atoms with Gasteiger partial charge in [-0.15, -0.1) is 29.7 Å². The standard InChI is InChI=1S/2C26H24P2.C12H4.2C10H15.2Fe/c2*1-5-13-23(14-6-1)27(24-15-7-2-8-16-24)21-22-28(25-17-9-3-10-18-25)26-19-11-4-12-20-26;1-4-10-7-11(5-2)9-12(6-3)8-10;2*1-6-7(2)9(4)10(5)8(6)3;;/h2*1-20H,21-22H2;1,7-9H;2*1-5H3;;/q;;-2;2*-1;2*+2. The van der Waals surface area contributed by atoms with E-state index < -0.39 is 0 Å². The molecule has 0 aliphatic rings. The second-order valence-electron chi connectivity index (χ2n) is 21.7. The Bertz CT molecular complexity index is 3200. The Morgan fingerprint density at radius 1 is 0.289 bits per heavy atom. The van der Waals surface area contributed by atoms with Crippen LogP contribution in [-0.4, -0.2) is 24.6 Å². The molecule has 0 aliphatic carbocycles. The van der Waals surface area contributed by atoms with Gasteiger partial charge in [0.15, 0.2) is 0 Å². The average Bonchev–Trinajstić information content (AvgIpc) is 1.62. The molecule has 0 aromatic heterocycles. The van der Waals surface area contributed by atoms with Crippen LogP contribution < -0.4 is 42.4 Å². The summed E-state index contributed by atoms with van der Waals surface area (Å²) in [6.45, 7) is 22.0. The van der Waals surface area contributed by atoms with Gasteiger partial charge in [0.1, 0.15) is 0 Å². The quantitative estimate of drug-likeness (QED) is 0.0441. The van der Waals surface area contributed by atoms with E-state index in [9.17, 15) is 0 Å². The van der Waals surface area contributed by atoms with Crippen molar-refractivity contribution in [2.75, 3.05) is 24.6 Å². The molecule has 0 unspecified atom stereocenters. The molecule has 0 saturated carbocycles. The van der Waals surface area contributed by atoms with Gasteiger partial charge in [-0.1, -0.05) is 318 Å². The topological polar surface area (TPSA) is 0 Å². The Kier molecular flexibility index (Phi) is 31.8. The van der Waals surface area contributed by atoms with E-state index in [1.165, 1.54) is 123 Å². The molecule has 6 heteroatoms. The summed E-state index contributed by atoms with van der Waals surface area (Å²) in [5.74, 6) is 6.84. The fourth-order valence-electron chi connectivity index (χ4n) is 10.6. The number of terminal acetylenes is 1. The third-order valence-electron chi connectivity index (χ3n) is 16.7. The number of hydrogen-bond acceptors (Lipinski definition) is 0. The van der Waals surface area contributed by atoms with Gasteiger partial charge in [0.05, 0.1) is 0 Å². The summed E-state index contributed by atoms with van der Waals surface area (Å²) in [7, 11) is -1.39. The smallest absolute Gasteiger partial charge is 0.366 e. The summed E-state index contributed by atoms with van der Waals surface area (Å²) in [5.41, 5.74) is 16.5. The van der Waals surface area contributed by atoms with Crippen LogP contribution in [0.1, 0.15) is 72.3 Å². The van der Waals surface area contributed by atoms with Gasteiger partial charge in [-0.05, 0) is 104 Å². The minimum atomic E-state index is -0.348. The van der Waals surface area contributed by atoms with Crippen LogP contribution >= 0.6 is 31.7 Å². The second kappa shape index (κ2) is 38.7. The van der Waals surface area contributed by atoms with Crippen molar-refractivity contribution in [2.24, 2.45) is 0 Å². The van der Waals surface area contributed by atoms with E-state index >= 15 is 0 Å². The van der Waals surface area contributed by atoms with Crippen molar-refractivity contribution >= 4 is 74.1 Å². The molecule has 0 spiro atoms. The largest absolute Gasteiger partial charge is 2.00 e. The Morgan fingerprint density at radius 2 is 0.444 bits per heavy atom. The third-order valence-corrected chi connectivity index (χ3v) is 27.4. The Balaban J connectivity index is 0.000000220. The predicted molar refractivity (Wildman–Crippen MR) is 394 cm³/mol. The number of hydrogen-bond donors (Lipinski definition) is 0. The molecule has 0 N–H and O–H groups in total. The summed E-state index contributed by atoms with van der Waals surface area (Å²) in [6, 6.07) is 93.4. The van der Waals surface area contributed by atoms with Crippen molar-refractivity contribution in [3.05, 3.63) is 346 Å². The van der Waals surface area contributed by atoms with Gasteiger partial charge in [-0.3, -0.25) is 11.8 Å². The Morgan fingerprint density at radius 3 is 0.567 bits per heavy atom. The molecular formula is C84H82Fe2P4.